The van der Waals surface area contributed by atoms with Crippen LogP contribution in [-0.4, -0.2) is 64.3 Å². The Morgan fingerprint density at radius 3 is 2.55 bits per heavy atom. The molecular weight excluding hydrogens is 540 g/mol. The summed E-state index contributed by atoms with van der Waals surface area (Å²) < 4.78 is 15.7. The highest BCUT2D eigenvalue weighted by molar-refractivity contribution is 8.00. The number of benzene rings is 1. The van der Waals surface area contributed by atoms with Gasteiger partial charge in [0.1, 0.15) is 24.3 Å². The molecule has 200 valence electrons. The van der Waals surface area contributed by atoms with E-state index in [4.69, 9.17) is 19.9 Å². The number of nitrogens with one attached hydrogen (secondary N) is 1. The largest absolute Gasteiger partial charge is 0.456 e. The molecule has 1 saturated heterocycles. The van der Waals surface area contributed by atoms with E-state index in [1.54, 1.807) is 6.07 Å². The molecule has 2 atom stereocenters. The molecule has 3 amide bonds. The number of amides is 3. The number of fused-ring (bicyclic) bond motifs is 1. The highest BCUT2D eigenvalue weighted by Crippen LogP contribution is 2.47. The summed E-state index contributed by atoms with van der Waals surface area (Å²) in [5, 5.41) is 14.5. The summed E-state index contributed by atoms with van der Waals surface area (Å²) in [7, 11) is 1.28. The molecule has 0 radical (unpaired) electrons. The van der Waals surface area contributed by atoms with Crippen molar-refractivity contribution < 1.29 is 38.3 Å². The zero-order valence-electron chi connectivity index (χ0n) is 19.9. The molecule has 2 aliphatic rings. The molecule has 1 fully saturated rings. The molecule has 0 saturated carbocycles. The predicted octanol–water partition coefficient (Wildman–Crippen LogP) is 1.67. The van der Waals surface area contributed by atoms with Crippen LogP contribution in [-0.2, 0) is 41.6 Å². The average Bonchev–Trinajstić information content (AvgIpc) is 3.41. The Balaban J connectivity index is 1.54. The second-order valence-corrected chi connectivity index (χ2v) is 10.2. The van der Waals surface area contributed by atoms with Crippen LogP contribution >= 0.6 is 23.1 Å². The minimum absolute atomic E-state index is 0.0467. The lowest BCUT2D eigenvalue weighted by atomic mass is 9.98. The fraction of sp³-hybridized carbons (Fsp3) is 0.304. The summed E-state index contributed by atoms with van der Waals surface area (Å²) in [5.41, 5.74) is 3.85. The molecule has 2 aromatic rings. The maximum absolute atomic E-state index is 13.4. The fourth-order valence-corrected chi connectivity index (χ4v) is 6.08. The van der Waals surface area contributed by atoms with Gasteiger partial charge in [-0.15, -0.1) is 23.1 Å². The Bertz CT molecular complexity index is 1300. The van der Waals surface area contributed by atoms with Crippen LogP contribution in [0.2, 0.25) is 0 Å². The second-order valence-electron chi connectivity index (χ2n) is 8.14. The molecule has 13 nitrogen and oxygen atoms in total. The van der Waals surface area contributed by atoms with Gasteiger partial charge in [0.15, 0.2) is 0 Å². The summed E-state index contributed by atoms with van der Waals surface area (Å²) in [5.74, 6) is -1.87. The first kappa shape index (κ1) is 27.1. The monoisotopic (exact) mass is 562 g/mol. The predicted molar refractivity (Wildman–Crippen MR) is 134 cm³/mol. The molecule has 2 aliphatic heterocycles. The third-order valence-corrected chi connectivity index (χ3v) is 8.02. The van der Waals surface area contributed by atoms with Gasteiger partial charge in [0, 0.05) is 35.4 Å². The van der Waals surface area contributed by atoms with E-state index in [2.05, 4.69) is 5.32 Å². The average molecular weight is 563 g/mol. The number of nitrogens with two attached hydrogens (primary N) is 1. The minimum atomic E-state index is -1.71. The zero-order chi connectivity index (χ0) is 27.4. The Morgan fingerprint density at radius 1 is 1.21 bits per heavy atom. The molecule has 0 bridgehead atoms. The van der Waals surface area contributed by atoms with Crippen LogP contribution in [0.15, 0.2) is 53.0 Å². The molecule has 1 aromatic carbocycles. The number of non-ortho nitro benzene ring substituents is 1. The van der Waals surface area contributed by atoms with Crippen molar-refractivity contribution in [3.63, 3.8) is 0 Å². The molecule has 38 heavy (non-hydrogen) atoms. The number of thioether (sulfide) groups is 1. The van der Waals surface area contributed by atoms with E-state index in [-0.39, 0.29) is 42.3 Å². The van der Waals surface area contributed by atoms with Crippen molar-refractivity contribution in [1.82, 2.24) is 10.2 Å². The normalized spacial score (nSPS) is 20.3. The van der Waals surface area contributed by atoms with Crippen LogP contribution in [0.4, 0.5) is 10.5 Å². The van der Waals surface area contributed by atoms with E-state index in [1.807, 2.05) is 11.4 Å². The van der Waals surface area contributed by atoms with Gasteiger partial charge in [0.05, 0.1) is 11.3 Å². The van der Waals surface area contributed by atoms with Gasteiger partial charge in [-0.25, -0.2) is 9.59 Å². The maximum Gasteiger partial charge on any atom is 0.404 e. The van der Waals surface area contributed by atoms with Gasteiger partial charge in [-0.05, 0) is 29.1 Å². The van der Waals surface area contributed by atoms with Crippen molar-refractivity contribution in [2.45, 2.75) is 24.1 Å². The van der Waals surface area contributed by atoms with Crippen molar-refractivity contribution in [2.75, 3.05) is 19.5 Å². The lowest BCUT2D eigenvalue weighted by Gasteiger charge is -2.55. The number of hydrogen-bond acceptors (Lipinski definition) is 11. The summed E-state index contributed by atoms with van der Waals surface area (Å²) in [6, 6.07) is 9.01. The van der Waals surface area contributed by atoms with Crippen molar-refractivity contribution in [2.24, 2.45) is 5.73 Å². The highest BCUT2D eigenvalue weighted by atomic mass is 32.2. The molecule has 1 unspecified atom stereocenters. The standard InChI is InChI=1S/C23H22N4O9S2/c1-34-23(25-17(28)9-16-3-2-8-37-16)20(30)26-18(14(11-36-22(24)31)12-38-21(23)26)19(29)35-10-13-4-6-15(7-5-13)27(32)33/h2-8,21H,9-12H2,1H3,(H2,24,31)(H,25,28)/t21-,23?/m0/s1. The Hall–Kier alpha value is -3.95. The number of carbonyl (C=O) groups is 4. The third kappa shape index (κ3) is 5.34. The molecular formula is C23H22N4O9S2. The number of ether oxygens (including phenoxy) is 3. The Morgan fingerprint density at radius 2 is 1.95 bits per heavy atom. The number of methoxy groups -OCH3 is 1. The van der Waals surface area contributed by atoms with Crippen LogP contribution < -0.4 is 11.1 Å². The number of rotatable bonds is 10. The summed E-state index contributed by atoms with van der Waals surface area (Å²) in [6.07, 6.45) is -1.02. The Kier molecular flexibility index (Phi) is 7.99. The molecule has 3 N–H and O–H groups in total. The zero-order valence-corrected chi connectivity index (χ0v) is 21.5. The van der Waals surface area contributed by atoms with Gasteiger partial charge in [0.2, 0.25) is 5.91 Å². The minimum Gasteiger partial charge on any atom is -0.456 e. The fourth-order valence-electron chi connectivity index (χ4n) is 3.95. The second kappa shape index (κ2) is 11.2. The quantitative estimate of drug-likeness (QED) is 0.142. The smallest absolute Gasteiger partial charge is 0.404 e. The van der Waals surface area contributed by atoms with Crippen LogP contribution in [0.1, 0.15) is 10.4 Å². The van der Waals surface area contributed by atoms with E-state index in [1.165, 1.54) is 54.5 Å². The molecule has 3 heterocycles. The lowest BCUT2D eigenvalue weighted by Crippen LogP contribution is -2.80. The first-order chi connectivity index (χ1) is 18.2. The van der Waals surface area contributed by atoms with Crippen LogP contribution in [0.25, 0.3) is 0 Å². The third-order valence-electron chi connectivity index (χ3n) is 5.77. The number of thiophene rings is 1. The first-order valence-electron chi connectivity index (χ1n) is 11.0. The first-order valence-corrected chi connectivity index (χ1v) is 13.0. The van der Waals surface area contributed by atoms with Gasteiger partial charge < -0.3 is 25.3 Å². The molecule has 15 heteroatoms. The lowest BCUT2D eigenvalue weighted by molar-refractivity contribution is -0.384. The number of β-lactam (4-membered cyclic amide) rings is 1. The number of carbonyl (C=O) groups excluding carboxylic acids is 4. The van der Waals surface area contributed by atoms with Crippen LogP contribution in [0, 0.1) is 10.1 Å². The molecule has 0 aliphatic carbocycles. The molecule has 1 aromatic heterocycles. The van der Waals surface area contributed by atoms with E-state index in [9.17, 15) is 29.3 Å². The number of primary amides is 1. The summed E-state index contributed by atoms with van der Waals surface area (Å²) in [4.78, 5) is 62.7. The van der Waals surface area contributed by atoms with E-state index in [0.29, 0.717) is 5.56 Å². The number of hydrogen-bond donors (Lipinski definition) is 2. The van der Waals surface area contributed by atoms with Crippen LogP contribution in [0.3, 0.4) is 0 Å². The SMILES string of the molecule is COC1(NC(=O)Cc2cccs2)C(=O)N2C(C(=O)OCc3ccc([N+](=O)[O-])cc3)=C(COC(N)=O)CS[C@H]21. The van der Waals surface area contributed by atoms with E-state index >= 15 is 0 Å². The van der Waals surface area contributed by atoms with Gasteiger partial charge in [-0.2, -0.15) is 0 Å². The van der Waals surface area contributed by atoms with Crippen LogP contribution in [0.5, 0.6) is 0 Å². The van der Waals surface area contributed by atoms with Gasteiger partial charge >= 0.3 is 12.1 Å². The number of nitro benzene ring substituents is 1. The van der Waals surface area contributed by atoms with Gasteiger partial charge in [0.25, 0.3) is 17.3 Å². The number of nitro groups is 1. The van der Waals surface area contributed by atoms with Crippen molar-refractivity contribution in [1.29, 1.82) is 0 Å². The van der Waals surface area contributed by atoms with E-state index < -0.39 is 39.9 Å². The van der Waals surface area contributed by atoms with Crippen molar-refractivity contribution >= 4 is 52.7 Å². The summed E-state index contributed by atoms with van der Waals surface area (Å²) >= 11 is 2.60. The highest BCUT2D eigenvalue weighted by Gasteiger charge is 2.66. The molecule has 0 spiro atoms. The molecule has 4 rings (SSSR count). The van der Waals surface area contributed by atoms with Crippen molar-refractivity contribution in [3.8, 4) is 0 Å². The number of esters is 1. The topological polar surface area (TPSA) is 180 Å². The van der Waals surface area contributed by atoms with E-state index in [0.717, 1.165) is 9.78 Å². The van der Waals surface area contributed by atoms with Gasteiger partial charge in [-0.3, -0.25) is 24.6 Å². The maximum atomic E-state index is 13.4. The van der Waals surface area contributed by atoms with Crippen molar-refractivity contribution in [3.05, 3.63) is 73.6 Å². The van der Waals surface area contributed by atoms with Gasteiger partial charge in [-0.1, -0.05) is 6.07 Å². The number of nitrogens with zero attached hydrogens (tertiary/aromatic N) is 2. The summed E-state index contributed by atoms with van der Waals surface area (Å²) in [6.45, 7) is -0.595. The Labute approximate surface area is 224 Å².